The third-order valence-corrected chi connectivity index (χ3v) is 4.33. The Bertz CT molecular complexity index is 404. The van der Waals surface area contributed by atoms with Crippen LogP contribution < -0.4 is 10.5 Å². The largest absolute Gasteiger partial charge is 0.370 e. The molecular weight excluding hydrogens is 264 g/mol. The topological polar surface area (TPSA) is 87.8 Å². The maximum Gasteiger partial charge on any atom is 0.208 e. The number of nitrogens with zero attached hydrogens (tertiary/aromatic N) is 2. The summed E-state index contributed by atoms with van der Waals surface area (Å²) in [6.07, 6.45) is 4.13. The van der Waals surface area contributed by atoms with E-state index in [-0.39, 0.29) is 12.0 Å². The lowest BCUT2D eigenvalue weighted by Gasteiger charge is -2.22. The third-order valence-electron chi connectivity index (χ3n) is 3.60. The Hall–Kier alpha value is -0.820. The van der Waals surface area contributed by atoms with Crippen molar-refractivity contribution in [2.45, 2.75) is 39.2 Å². The molecule has 2 atom stereocenters. The first kappa shape index (κ1) is 16.2. The van der Waals surface area contributed by atoms with E-state index in [0.29, 0.717) is 12.5 Å². The van der Waals surface area contributed by atoms with Crippen LogP contribution in [0.25, 0.3) is 0 Å². The van der Waals surface area contributed by atoms with Crippen molar-refractivity contribution in [3.8, 4) is 0 Å². The van der Waals surface area contributed by atoms with Crippen LogP contribution in [0.1, 0.15) is 33.1 Å². The molecule has 19 heavy (non-hydrogen) atoms. The van der Waals surface area contributed by atoms with Crippen molar-refractivity contribution in [1.82, 2.24) is 9.62 Å². The quantitative estimate of drug-likeness (QED) is 0.546. The highest BCUT2D eigenvalue weighted by molar-refractivity contribution is 7.88. The van der Waals surface area contributed by atoms with Crippen LogP contribution in [-0.2, 0) is 10.0 Å². The van der Waals surface area contributed by atoms with Crippen LogP contribution in [0.4, 0.5) is 0 Å². The van der Waals surface area contributed by atoms with E-state index in [1.165, 1.54) is 6.26 Å². The zero-order chi connectivity index (χ0) is 14.5. The van der Waals surface area contributed by atoms with Crippen LogP contribution in [-0.4, -0.2) is 51.2 Å². The lowest BCUT2D eigenvalue weighted by Crippen LogP contribution is -2.40. The summed E-state index contributed by atoms with van der Waals surface area (Å²) in [5, 5.41) is 0. The Morgan fingerprint density at radius 1 is 1.37 bits per heavy atom. The minimum Gasteiger partial charge on any atom is -0.370 e. The maximum atomic E-state index is 11.3. The van der Waals surface area contributed by atoms with Gasteiger partial charge in [0.25, 0.3) is 0 Å². The number of hydrogen-bond donors (Lipinski definition) is 2. The average Bonchev–Trinajstić information content (AvgIpc) is 2.73. The molecule has 0 aromatic carbocycles. The maximum absolute atomic E-state index is 11.3. The Kier molecular flexibility index (Phi) is 6.06. The molecule has 112 valence electrons. The van der Waals surface area contributed by atoms with Gasteiger partial charge in [-0.2, -0.15) is 0 Å². The molecule has 1 rings (SSSR count). The summed E-state index contributed by atoms with van der Waals surface area (Å²) >= 11 is 0. The van der Waals surface area contributed by atoms with E-state index in [2.05, 4.69) is 9.71 Å². The fourth-order valence-corrected chi connectivity index (χ4v) is 3.40. The molecule has 0 bridgehead atoms. The van der Waals surface area contributed by atoms with Gasteiger partial charge in [0.2, 0.25) is 10.0 Å². The summed E-state index contributed by atoms with van der Waals surface area (Å²) < 4.78 is 25.3. The Morgan fingerprint density at radius 2 is 2.00 bits per heavy atom. The molecule has 7 heteroatoms. The molecule has 1 aliphatic carbocycles. The van der Waals surface area contributed by atoms with Gasteiger partial charge in [-0.3, -0.25) is 4.99 Å². The van der Waals surface area contributed by atoms with E-state index >= 15 is 0 Å². The molecule has 0 aromatic rings. The third kappa shape index (κ3) is 5.36. The van der Waals surface area contributed by atoms with Crippen molar-refractivity contribution >= 4 is 16.0 Å². The molecule has 1 aliphatic rings. The van der Waals surface area contributed by atoms with Gasteiger partial charge < -0.3 is 10.6 Å². The first-order valence-corrected chi connectivity index (χ1v) is 8.78. The highest BCUT2D eigenvalue weighted by Crippen LogP contribution is 2.26. The number of sulfonamides is 1. The lowest BCUT2D eigenvalue weighted by molar-refractivity contribution is 0.436. The number of hydrogen-bond acceptors (Lipinski definition) is 3. The van der Waals surface area contributed by atoms with E-state index in [1.807, 2.05) is 18.7 Å². The Morgan fingerprint density at radius 3 is 2.53 bits per heavy atom. The lowest BCUT2D eigenvalue weighted by atomic mass is 10.1. The molecule has 6 nitrogen and oxygen atoms in total. The van der Waals surface area contributed by atoms with Gasteiger partial charge >= 0.3 is 0 Å². The normalized spacial score (nSPS) is 24.7. The first-order valence-electron chi connectivity index (χ1n) is 6.89. The standard InChI is InChI=1S/C12H26N4O2S/c1-4-16(5-2)12(13)14-9-10-7-6-8-11(10)15-19(3,17)18/h10-11,15H,4-9H2,1-3H3,(H2,13,14). The van der Waals surface area contributed by atoms with Gasteiger partial charge in [0, 0.05) is 25.7 Å². The van der Waals surface area contributed by atoms with Gasteiger partial charge in [-0.25, -0.2) is 13.1 Å². The monoisotopic (exact) mass is 290 g/mol. The molecule has 0 saturated heterocycles. The summed E-state index contributed by atoms with van der Waals surface area (Å²) in [4.78, 5) is 6.41. The minimum absolute atomic E-state index is 0.00301. The van der Waals surface area contributed by atoms with Crippen molar-refractivity contribution in [2.24, 2.45) is 16.6 Å². The van der Waals surface area contributed by atoms with Gasteiger partial charge in [0.05, 0.1) is 6.26 Å². The molecule has 0 aromatic heterocycles. The number of nitrogens with one attached hydrogen (secondary N) is 1. The van der Waals surface area contributed by atoms with Crippen LogP contribution in [0.5, 0.6) is 0 Å². The fourth-order valence-electron chi connectivity index (χ4n) is 2.54. The van der Waals surface area contributed by atoms with Crippen molar-refractivity contribution in [3.05, 3.63) is 0 Å². The summed E-state index contributed by atoms with van der Waals surface area (Å²) in [6.45, 7) is 6.34. The van der Waals surface area contributed by atoms with Crippen molar-refractivity contribution < 1.29 is 8.42 Å². The second-order valence-electron chi connectivity index (χ2n) is 5.06. The van der Waals surface area contributed by atoms with Crippen molar-refractivity contribution in [3.63, 3.8) is 0 Å². The Labute approximate surface area is 116 Å². The summed E-state index contributed by atoms with van der Waals surface area (Å²) in [7, 11) is -3.14. The molecule has 1 saturated carbocycles. The number of rotatable bonds is 6. The molecule has 0 spiro atoms. The summed E-state index contributed by atoms with van der Waals surface area (Å²) in [6, 6.07) is 0.00301. The van der Waals surface area contributed by atoms with Crippen molar-refractivity contribution in [1.29, 1.82) is 0 Å². The van der Waals surface area contributed by atoms with Gasteiger partial charge in [0.1, 0.15) is 0 Å². The molecule has 0 radical (unpaired) electrons. The smallest absolute Gasteiger partial charge is 0.208 e. The SMILES string of the molecule is CCN(CC)C(N)=NCC1CCCC1NS(C)(=O)=O. The molecule has 3 N–H and O–H groups in total. The molecule has 2 unspecified atom stereocenters. The molecular formula is C12H26N4O2S. The van der Waals surface area contributed by atoms with Crippen LogP contribution in [0, 0.1) is 5.92 Å². The van der Waals surface area contributed by atoms with Crippen molar-refractivity contribution in [2.75, 3.05) is 25.9 Å². The molecule has 0 amide bonds. The fraction of sp³-hybridized carbons (Fsp3) is 0.917. The summed E-state index contributed by atoms with van der Waals surface area (Å²) in [5.74, 6) is 0.804. The number of aliphatic imine (C=N–C) groups is 1. The van der Waals surface area contributed by atoms with E-state index in [9.17, 15) is 8.42 Å². The van der Waals surface area contributed by atoms with Crippen LogP contribution in [0.15, 0.2) is 4.99 Å². The predicted octanol–water partition coefficient (Wildman–Crippen LogP) is 0.361. The molecule has 0 aliphatic heterocycles. The zero-order valence-electron chi connectivity index (χ0n) is 12.1. The van der Waals surface area contributed by atoms with Crippen LogP contribution in [0.3, 0.4) is 0 Å². The zero-order valence-corrected chi connectivity index (χ0v) is 12.9. The minimum atomic E-state index is -3.14. The van der Waals surface area contributed by atoms with Gasteiger partial charge in [0.15, 0.2) is 5.96 Å². The summed E-state index contributed by atoms with van der Waals surface area (Å²) in [5.41, 5.74) is 5.93. The van der Waals surface area contributed by atoms with E-state index in [0.717, 1.165) is 32.4 Å². The van der Waals surface area contributed by atoms with E-state index in [4.69, 9.17) is 5.73 Å². The van der Waals surface area contributed by atoms with Gasteiger partial charge in [-0.15, -0.1) is 0 Å². The molecule has 1 fully saturated rings. The van der Waals surface area contributed by atoms with E-state index in [1.54, 1.807) is 0 Å². The van der Waals surface area contributed by atoms with E-state index < -0.39 is 10.0 Å². The Balaban J connectivity index is 2.58. The van der Waals surface area contributed by atoms with Crippen LogP contribution >= 0.6 is 0 Å². The predicted molar refractivity (Wildman–Crippen MR) is 78.5 cm³/mol. The molecule has 0 heterocycles. The highest BCUT2D eigenvalue weighted by atomic mass is 32.2. The van der Waals surface area contributed by atoms with Gasteiger partial charge in [-0.05, 0) is 32.6 Å². The number of guanidine groups is 1. The van der Waals surface area contributed by atoms with Crippen LogP contribution in [0.2, 0.25) is 0 Å². The number of nitrogens with two attached hydrogens (primary N) is 1. The average molecular weight is 290 g/mol. The first-order chi connectivity index (χ1) is 8.87. The highest BCUT2D eigenvalue weighted by Gasteiger charge is 2.29. The second-order valence-corrected chi connectivity index (χ2v) is 6.84. The van der Waals surface area contributed by atoms with Gasteiger partial charge in [-0.1, -0.05) is 6.42 Å². The second kappa shape index (κ2) is 7.09.